The standard InChI is InChI=1S/C11H9F11O3/c12-7(9(15,16)17,6(23)24-5-3-1-2-4-5)25-11(21,22)8(13,14)10(18,19)20/h5H,1-4H2/t7-/m1/s1. The first-order chi connectivity index (χ1) is 11.0. The van der Waals surface area contributed by atoms with Gasteiger partial charge in [-0.05, 0) is 25.7 Å². The van der Waals surface area contributed by atoms with E-state index in [9.17, 15) is 53.1 Å². The minimum absolute atomic E-state index is 0.0746. The molecule has 148 valence electrons. The quantitative estimate of drug-likeness (QED) is 0.505. The first-order valence-electron chi connectivity index (χ1n) is 6.45. The molecule has 0 heterocycles. The molecule has 1 atom stereocenters. The van der Waals surface area contributed by atoms with Gasteiger partial charge < -0.3 is 4.74 Å². The monoisotopic (exact) mass is 398 g/mol. The summed E-state index contributed by atoms with van der Waals surface area (Å²) in [6.07, 6.45) is -21.7. The SMILES string of the molecule is O=C(OC1CCCC1)[C@@](F)(OC(F)(F)C(F)(F)C(F)(F)F)C(F)(F)F. The van der Waals surface area contributed by atoms with E-state index in [1.165, 1.54) is 0 Å². The molecule has 0 N–H and O–H groups in total. The Morgan fingerprint density at radius 2 is 1.20 bits per heavy atom. The van der Waals surface area contributed by atoms with Crippen LogP contribution in [0.3, 0.4) is 0 Å². The number of esters is 1. The highest BCUT2D eigenvalue weighted by atomic mass is 19.4. The number of hydrogen-bond acceptors (Lipinski definition) is 3. The van der Waals surface area contributed by atoms with Crippen molar-refractivity contribution in [3.8, 4) is 0 Å². The van der Waals surface area contributed by atoms with Crippen molar-refractivity contribution >= 4 is 5.97 Å². The first-order valence-corrected chi connectivity index (χ1v) is 6.45. The Labute approximate surface area is 132 Å². The normalized spacial score (nSPS) is 20.4. The minimum atomic E-state index is -7.21. The van der Waals surface area contributed by atoms with E-state index in [1.807, 2.05) is 0 Å². The fourth-order valence-corrected chi connectivity index (χ4v) is 1.85. The predicted molar refractivity (Wildman–Crippen MR) is 55.3 cm³/mol. The van der Waals surface area contributed by atoms with Gasteiger partial charge in [-0.25, -0.2) is 4.79 Å². The van der Waals surface area contributed by atoms with E-state index in [4.69, 9.17) is 0 Å². The van der Waals surface area contributed by atoms with Gasteiger partial charge in [0.15, 0.2) is 0 Å². The zero-order chi connectivity index (χ0) is 19.9. The van der Waals surface area contributed by atoms with Crippen LogP contribution in [0.15, 0.2) is 0 Å². The zero-order valence-corrected chi connectivity index (χ0v) is 11.8. The fraction of sp³-hybridized carbons (Fsp3) is 0.909. The molecule has 25 heavy (non-hydrogen) atoms. The smallest absolute Gasteiger partial charge is 0.458 e. The van der Waals surface area contributed by atoms with Gasteiger partial charge in [-0.2, -0.15) is 48.3 Å². The van der Waals surface area contributed by atoms with Gasteiger partial charge >= 0.3 is 36.2 Å². The second-order valence-corrected chi connectivity index (χ2v) is 5.10. The van der Waals surface area contributed by atoms with Crippen molar-refractivity contribution in [3.05, 3.63) is 0 Å². The van der Waals surface area contributed by atoms with E-state index in [0.717, 1.165) is 0 Å². The Morgan fingerprint density at radius 3 is 1.56 bits per heavy atom. The van der Waals surface area contributed by atoms with Crippen LogP contribution < -0.4 is 0 Å². The van der Waals surface area contributed by atoms with E-state index < -0.39 is 42.3 Å². The van der Waals surface area contributed by atoms with Crippen molar-refractivity contribution in [1.82, 2.24) is 0 Å². The second-order valence-electron chi connectivity index (χ2n) is 5.10. The summed E-state index contributed by atoms with van der Waals surface area (Å²) in [7, 11) is 0. The molecule has 0 radical (unpaired) electrons. The van der Waals surface area contributed by atoms with Crippen molar-refractivity contribution in [1.29, 1.82) is 0 Å². The maximum absolute atomic E-state index is 13.8. The van der Waals surface area contributed by atoms with Crippen molar-refractivity contribution < 1.29 is 62.6 Å². The van der Waals surface area contributed by atoms with Crippen LogP contribution in [-0.4, -0.2) is 42.3 Å². The van der Waals surface area contributed by atoms with Gasteiger partial charge in [0, 0.05) is 0 Å². The molecule has 14 heteroatoms. The molecule has 0 aromatic rings. The lowest BCUT2D eigenvalue weighted by Gasteiger charge is -2.34. The van der Waals surface area contributed by atoms with Gasteiger partial charge in [0.05, 0.1) is 0 Å². The molecule has 1 fully saturated rings. The lowest BCUT2D eigenvalue weighted by atomic mass is 10.2. The number of carbonyl (C=O) groups is 1. The van der Waals surface area contributed by atoms with E-state index >= 15 is 0 Å². The summed E-state index contributed by atoms with van der Waals surface area (Å²) in [5, 5.41) is 0. The fourth-order valence-electron chi connectivity index (χ4n) is 1.85. The summed E-state index contributed by atoms with van der Waals surface area (Å²) in [5.74, 6) is -16.6. The molecule has 1 saturated carbocycles. The largest absolute Gasteiger partial charge is 0.462 e. The molecule has 0 unspecified atom stereocenters. The summed E-state index contributed by atoms with van der Waals surface area (Å²) in [6.45, 7) is 0. The Morgan fingerprint density at radius 1 is 0.760 bits per heavy atom. The minimum Gasteiger partial charge on any atom is -0.458 e. The van der Waals surface area contributed by atoms with E-state index in [-0.39, 0.29) is 12.8 Å². The molecule has 1 aliphatic rings. The molecule has 0 bridgehead atoms. The van der Waals surface area contributed by atoms with E-state index in [1.54, 1.807) is 0 Å². The summed E-state index contributed by atoms with van der Waals surface area (Å²) in [4.78, 5) is 11.2. The van der Waals surface area contributed by atoms with Crippen molar-refractivity contribution in [3.63, 3.8) is 0 Å². The zero-order valence-electron chi connectivity index (χ0n) is 11.8. The van der Waals surface area contributed by atoms with Gasteiger partial charge in [0.2, 0.25) is 0 Å². The number of rotatable bonds is 5. The molecule has 0 aromatic heterocycles. The third-order valence-electron chi connectivity index (χ3n) is 3.19. The van der Waals surface area contributed by atoms with Crippen molar-refractivity contribution in [2.75, 3.05) is 0 Å². The highest BCUT2D eigenvalue weighted by Crippen LogP contribution is 2.51. The van der Waals surface area contributed by atoms with Crippen LogP contribution in [0.2, 0.25) is 0 Å². The number of alkyl halides is 11. The van der Waals surface area contributed by atoms with Crippen LogP contribution >= 0.6 is 0 Å². The molecule has 0 spiro atoms. The van der Waals surface area contributed by atoms with Gasteiger partial charge in [-0.3, -0.25) is 4.74 Å². The maximum Gasteiger partial charge on any atom is 0.462 e. The number of ether oxygens (including phenoxy) is 2. The van der Waals surface area contributed by atoms with Crippen LogP contribution in [0.25, 0.3) is 0 Å². The van der Waals surface area contributed by atoms with Crippen LogP contribution in [0, 0.1) is 0 Å². The summed E-state index contributed by atoms with van der Waals surface area (Å²) < 4.78 is 144. The van der Waals surface area contributed by atoms with Gasteiger partial charge in [0.25, 0.3) is 0 Å². The average molecular weight is 398 g/mol. The average Bonchev–Trinajstić information content (AvgIpc) is 2.87. The Balaban J connectivity index is 3.16. The Kier molecular flexibility index (Phi) is 5.58. The Hall–Kier alpha value is -1.34. The second kappa shape index (κ2) is 6.43. The van der Waals surface area contributed by atoms with E-state index in [0.29, 0.717) is 12.8 Å². The molecule has 3 nitrogen and oxygen atoms in total. The third kappa shape index (κ3) is 4.08. The topological polar surface area (TPSA) is 35.5 Å². The van der Waals surface area contributed by atoms with E-state index in [2.05, 4.69) is 9.47 Å². The first kappa shape index (κ1) is 21.7. The number of halogens is 11. The summed E-state index contributed by atoms with van der Waals surface area (Å²) in [5.41, 5.74) is 0. The van der Waals surface area contributed by atoms with Gasteiger partial charge in [-0.1, -0.05) is 0 Å². The molecular weight excluding hydrogens is 389 g/mol. The van der Waals surface area contributed by atoms with Crippen LogP contribution in [0.1, 0.15) is 25.7 Å². The van der Waals surface area contributed by atoms with Crippen LogP contribution in [0.4, 0.5) is 48.3 Å². The third-order valence-corrected chi connectivity index (χ3v) is 3.19. The van der Waals surface area contributed by atoms with Crippen molar-refractivity contribution in [2.24, 2.45) is 0 Å². The number of carbonyl (C=O) groups excluding carboxylic acids is 1. The lowest BCUT2D eigenvalue weighted by Crippen LogP contribution is -2.62. The maximum atomic E-state index is 13.8. The highest BCUT2D eigenvalue weighted by Gasteiger charge is 2.80. The Bertz CT molecular complexity index is 492. The van der Waals surface area contributed by atoms with Gasteiger partial charge in [-0.15, -0.1) is 0 Å². The molecular formula is C11H9F11O3. The summed E-state index contributed by atoms with van der Waals surface area (Å²) in [6, 6.07) is 0. The molecule has 0 saturated heterocycles. The van der Waals surface area contributed by atoms with Crippen LogP contribution in [0.5, 0.6) is 0 Å². The summed E-state index contributed by atoms with van der Waals surface area (Å²) >= 11 is 0. The molecule has 0 aliphatic heterocycles. The molecule has 0 amide bonds. The molecule has 1 aliphatic carbocycles. The highest BCUT2D eigenvalue weighted by molar-refractivity contribution is 5.79. The number of hydrogen-bond donors (Lipinski definition) is 0. The predicted octanol–water partition coefficient (Wildman–Crippen LogP) is 4.51. The molecule has 1 rings (SSSR count). The lowest BCUT2D eigenvalue weighted by molar-refractivity contribution is -0.475. The van der Waals surface area contributed by atoms with Gasteiger partial charge in [0.1, 0.15) is 6.10 Å². The molecule has 0 aromatic carbocycles. The van der Waals surface area contributed by atoms with Crippen molar-refractivity contribution in [2.45, 2.75) is 62.0 Å². The van der Waals surface area contributed by atoms with Crippen LogP contribution in [-0.2, 0) is 14.3 Å².